The Labute approximate surface area is 117 Å². The van der Waals surface area contributed by atoms with Gasteiger partial charge in [0.25, 0.3) is 0 Å². The molecule has 0 radical (unpaired) electrons. The Morgan fingerprint density at radius 1 is 1.50 bits per heavy atom. The number of benzene rings is 1. The van der Waals surface area contributed by atoms with E-state index in [0.717, 1.165) is 22.0 Å². The minimum Gasteiger partial charge on any atom is -0.493 e. The number of aliphatic carboxylic acids is 1. The molecule has 110 valence electrons. The van der Waals surface area contributed by atoms with Gasteiger partial charge in [0.15, 0.2) is 0 Å². The van der Waals surface area contributed by atoms with Gasteiger partial charge < -0.3 is 9.84 Å². The minimum absolute atomic E-state index is 0.0846. The van der Waals surface area contributed by atoms with Crippen LogP contribution in [0, 0.1) is 0 Å². The Morgan fingerprint density at radius 2 is 2.25 bits per heavy atom. The number of anilines is 1. The van der Waals surface area contributed by atoms with Gasteiger partial charge in [0.2, 0.25) is 0 Å². The number of hydrogen-bond acceptors (Lipinski definition) is 4. The number of carboxylic acids is 1. The average molecular weight is 300 g/mol. The first-order valence-electron chi connectivity index (χ1n) is 6.10. The van der Waals surface area contributed by atoms with E-state index < -0.39 is 16.2 Å². The van der Waals surface area contributed by atoms with Crippen molar-refractivity contribution in [2.45, 2.75) is 12.8 Å². The van der Waals surface area contributed by atoms with Gasteiger partial charge in [-0.3, -0.25) is 9.52 Å². The third-order valence-electron chi connectivity index (χ3n) is 2.99. The van der Waals surface area contributed by atoms with Crippen LogP contribution in [0.25, 0.3) is 0 Å². The van der Waals surface area contributed by atoms with Crippen LogP contribution < -0.4 is 9.46 Å². The number of rotatable bonds is 6. The molecule has 2 rings (SSSR count). The van der Waals surface area contributed by atoms with E-state index in [1.165, 1.54) is 7.05 Å². The zero-order valence-electron chi connectivity index (χ0n) is 11.0. The number of carboxylic acid groups (broad SMARTS) is 1. The lowest BCUT2D eigenvalue weighted by molar-refractivity contribution is -0.137. The zero-order chi connectivity index (χ0) is 14.8. The van der Waals surface area contributed by atoms with Gasteiger partial charge in [-0.15, -0.1) is 0 Å². The molecule has 7 nitrogen and oxygen atoms in total. The molecule has 1 aromatic carbocycles. The second-order valence-electron chi connectivity index (χ2n) is 4.49. The van der Waals surface area contributed by atoms with Gasteiger partial charge in [-0.25, -0.2) is 0 Å². The Hall–Kier alpha value is -1.80. The predicted octanol–water partition coefficient (Wildman–Crippen LogP) is 0.685. The predicted molar refractivity (Wildman–Crippen MR) is 73.1 cm³/mol. The molecule has 1 aromatic rings. The summed E-state index contributed by atoms with van der Waals surface area (Å²) < 4.78 is 32.7. The van der Waals surface area contributed by atoms with Gasteiger partial charge in [-0.2, -0.15) is 12.7 Å². The summed E-state index contributed by atoms with van der Waals surface area (Å²) in [4.78, 5) is 10.5. The summed E-state index contributed by atoms with van der Waals surface area (Å²) in [5, 5.41) is 8.57. The maximum atomic E-state index is 12.0. The number of fused-ring (bicyclic) bond motifs is 1. The summed E-state index contributed by atoms with van der Waals surface area (Å²) in [6.07, 6.45) is 0.509. The molecule has 1 heterocycles. The normalized spacial score (nSPS) is 13.9. The van der Waals surface area contributed by atoms with Crippen LogP contribution in [0.3, 0.4) is 0 Å². The van der Waals surface area contributed by atoms with E-state index in [4.69, 9.17) is 9.84 Å². The fourth-order valence-corrected chi connectivity index (χ4v) is 2.76. The van der Waals surface area contributed by atoms with Crippen molar-refractivity contribution >= 4 is 21.9 Å². The van der Waals surface area contributed by atoms with Crippen LogP contribution in [0.4, 0.5) is 5.69 Å². The van der Waals surface area contributed by atoms with Crippen LogP contribution in [0.2, 0.25) is 0 Å². The molecule has 1 aliphatic heterocycles. The third kappa shape index (κ3) is 3.40. The summed E-state index contributed by atoms with van der Waals surface area (Å²) in [5.41, 5.74) is 1.40. The molecule has 1 aliphatic rings. The Balaban J connectivity index is 2.06. The van der Waals surface area contributed by atoms with Gasteiger partial charge in [0, 0.05) is 20.0 Å². The lowest BCUT2D eigenvalue weighted by Crippen LogP contribution is -2.34. The van der Waals surface area contributed by atoms with Crippen molar-refractivity contribution in [3.8, 4) is 5.75 Å². The van der Waals surface area contributed by atoms with Crippen LogP contribution in [0.5, 0.6) is 5.75 Å². The fourth-order valence-electron chi connectivity index (χ4n) is 1.85. The van der Waals surface area contributed by atoms with Gasteiger partial charge >= 0.3 is 16.2 Å². The first-order chi connectivity index (χ1) is 9.38. The van der Waals surface area contributed by atoms with Crippen LogP contribution in [0.15, 0.2) is 18.2 Å². The molecular formula is C12H16N2O5S. The summed E-state index contributed by atoms with van der Waals surface area (Å²) in [5.74, 6) is -0.270. The van der Waals surface area contributed by atoms with Crippen molar-refractivity contribution in [1.82, 2.24) is 4.31 Å². The maximum absolute atomic E-state index is 12.0. The highest BCUT2D eigenvalue weighted by molar-refractivity contribution is 7.90. The third-order valence-corrected chi connectivity index (χ3v) is 4.48. The highest BCUT2D eigenvalue weighted by Gasteiger charge is 2.20. The highest BCUT2D eigenvalue weighted by Crippen LogP contribution is 2.28. The topological polar surface area (TPSA) is 95.9 Å². The molecule has 0 spiro atoms. The van der Waals surface area contributed by atoms with E-state index in [-0.39, 0.29) is 13.0 Å². The minimum atomic E-state index is -3.75. The van der Waals surface area contributed by atoms with E-state index in [2.05, 4.69) is 4.72 Å². The van der Waals surface area contributed by atoms with E-state index >= 15 is 0 Å². The molecule has 0 bridgehead atoms. The van der Waals surface area contributed by atoms with Gasteiger partial charge in [0.05, 0.1) is 18.7 Å². The monoisotopic (exact) mass is 300 g/mol. The molecule has 20 heavy (non-hydrogen) atoms. The molecule has 2 N–H and O–H groups in total. The molecule has 0 saturated carbocycles. The van der Waals surface area contributed by atoms with Gasteiger partial charge in [-0.1, -0.05) is 0 Å². The van der Waals surface area contributed by atoms with E-state index in [1.807, 2.05) is 0 Å². The number of carbonyl (C=O) groups is 1. The van der Waals surface area contributed by atoms with Crippen LogP contribution in [-0.4, -0.2) is 44.0 Å². The Kier molecular flexibility index (Phi) is 4.15. The first kappa shape index (κ1) is 14.6. The van der Waals surface area contributed by atoms with Gasteiger partial charge in [-0.05, 0) is 23.8 Å². The number of ether oxygens (including phenoxy) is 1. The molecule has 0 amide bonds. The second-order valence-corrected chi connectivity index (χ2v) is 6.27. The second kappa shape index (κ2) is 5.68. The summed E-state index contributed by atoms with van der Waals surface area (Å²) in [6, 6.07) is 5.06. The van der Waals surface area contributed by atoms with E-state index in [9.17, 15) is 13.2 Å². The standard InChI is InChI=1S/C12H16N2O5S/c1-14(6-4-12(15)16)20(17,18)13-10-2-3-11-9(8-10)5-7-19-11/h2-3,8,13H,4-7H2,1H3,(H,15,16). The molecule has 0 aromatic heterocycles. The van der Waals surface area contributed by atoms with E-state index in [0.29, 0.717) is 12.3 Å². The molecule has 0 saturated heterocycles. The number of hydrogen-bond donors (Lipinski definition) is 2. The van der Waals surface area contributed by atoms with Crippen LogP contribution in [-0.2, 0) is 21.4 Å². The number of nitrogens with one attached hydrogen (secondary N) is 1. The average Bonchev–Trinajstić information content (AvgIpc) is 2.82. The summed E-state index contributed by atoms with van der Waals surface area (Å²) >= 11 is 0. The molecule has 0 aliphatic carbocycles. The van der Waals surface area contributed by atoms with Crippen molar-refractivity contribution in [2.75, 3.05) is 24.9 Å². The fraction of sp³-hybridized carbons (Fsp3) is 0.417. The largest absolute Gasteiger partial charge is 0.493 e. The smallest absolute Gasteiger partial charge is 0.304 e. The molecule has 8 heteroatoms. The summed E-state index contributed by atoms with van der Waals surface area (Å²) in [6.45, 7) is 0.517. The lowest BCUT2D eigenvalue weighted by Gasteiger charge is -2.17. The zero-order valence-corrected chi connectivity index (χ0v) is 11.8. The van der Waals surface area contributed by atoms with Crippen molar-refractivity contribution in [3.63, 3.8) is 0 Å². The van der Waals surface area contributed by atoms with Crippen molar-refractivity contribution in [2.24, 2.45) is 0 Å². The summed E-state index contributed by atoms with van der Waals surface area (Å²) in [7, 11) is -2.41. The molecule has 0 unspecified atom stereocenters. The van der Waals surface area contributed by atoms with Crippen LogP contribution >= 0.6 is 0 Å². The SMILES string of the molecule is CN(CCC(=O)O)S(=O)(=O)Nc1ccc2c(c1)CCO2. The molecule has 0 fully saturated rings. The lowest BCUT2D eigenvalue weighted by atomic mass is 10.1. The van der Waals surface area contributed by atoms with E-state index in [1.54, 1.807) is 18.2 Å². The number of nitrogens with zero attached hydrogens (tertiary/aromatic N) is 1. The quantitative estimate of drug-likeness (QED) is 0.805. The maximum Gasteiger partial charge on any atom is 0.304 e. The Bertz CT molecular complexity index is 614. The van der Waals surface area contributed by atoms with Crippen molar-refractivity contribution in [1.29, 1.82) is 0 Å². The first-order valence-corrected chi connectivity index (χ1v) is 7.54. The highest BCUT2D eigenvalue weighted by atomic mass is 32.2. The van der Waals surface area contributed by atoms with Gasteiger partial charge in [0.1, 0.15) is 5.75 Å². The van der Waals surface area contributed by atoms with Crippen molar-refractivity contribution < 1.29 is 23.1 Å². The van der Waals surface area contributed by atoms with Crippen LogP contribution in [0.1, 0.15) is 12.0 Å². The molecule has 0 atom stereocenters. The molecular weight excluding hydrogens is 284 g/mol. The Morgan fingerprint density at radius 3 is 2.95 bits per heavy atom. The van der Waals surface area contributed by atoms with Crippen molar-refractivity contribution in [3.05, 3.63) is 23.8 Å².